The molecule has 0 heterocycles. The van der Waals surface area contributed by atoms with Gasteiger partial charge in [-0.2, -0.15) is 47.0 Å². The molecule has 0 unspecified atom stereocenters. The zero-order chi connectivity index (χ0) is 25.2. The first-order valence-corrected chi connectivity index (χ1v) is 13.7. The standard InChI is InChI=1S/C21H25.C10H15.CH2.2ClH.Zr/c1-20(2,3)16-7-9-18-14(12-16)11-15-13-17(21(4,5)6)8-10-19(15)18;1-8-5-6-9(7-8)10(2,3)4;;;;/h7-10,12H,11H2,1-6H3;5-7H,1-4H3;1H2;2*1H;/q2*-1;;;;+2/p-2. The van der Waals surface area contributed by atoms with Gasteiger partial charge in [-0.3, -0.25) is 0 Å². The number of halogens is 2. The van der Waals surface area contributed by atoms with Crippen molar-refractivity contribution < 1.29 is 49.0 Å². The van der Waals surface area contributed by atoms with Crippen LogP contribution in [0.5, 0.6) is 0 Å². The van der Waals surface area contributed by atoms with Crippen LogP contribution in [-0.2, 0) is 46.9 Å². The number of benzene rings is 2. The van der Waals surface area contributed by atoms with Crippen LogP contribution >= 0.6 is 0 Å². The molecule has 35 heavy (non-hydrogen) atoms. The van der Waals surface area contributed by atoms with Gasteiger partial charge >= 0.3 is 28.4 Å². The summed E-state index contributed by atoms with van der Waals surface area (Å²) in [5.74, 6) is 0. The topological polar surface area (TPSA) is 0 Å². The second-order valence-electron chi connectivity index (χ2n) is 12.2. The molecule has 1 aliphatic carbocycles. The summed E-state index contributed by atoms with van der Waals surface area (Å²) in [6.45, 7) is 22.4. The fourth-order valence-electron chi connectivity index (χ4n) is 4.06. The Hall–Kier alpha value is -0.877. The van der Waals surface area contributed by atoms with E-state index in [0.29, 0.717) is 5.41 Å². The van der Waals surface area contributed by atoms with E-state index in [2.05, 4.69) is 128 Å². The third-order valence-corrected chi connectivity index (χ3v) is 6.24. The maximum atomic E-state index is 3.67. The van der Waals surface area contributed by atoms with Crippen LogP contribution in [0.1, 0.15) is 95.7 Å². The van der Waals surface area contributed by atoms with Crippen molar-refractivity contribution in [2.24, 2.45) is 0 Å². The molecule has 3 heteroatoms. The number of hydrogen-bond acceptors (Lipinski definition) is 0. The summed E-state index contributed by atoms with van der Waals surface area (Å²) in [6, 6.07) is 21.8. The van der Waals surface area contributed by atoms with Gasteiger partial charge in [-0.1, -0.05) is 98.4 Å². The van der Waals surface area contributed by atoms with Crippen LogP contribution in [0.4, 0.5) is 0 Å². The Kier molecular flexibility index (Phi) is 12.8. The molecule has 0 fully saturated rings. The molecular weight excluding hydrogens is 546 g/mol. The SMILES string of the molecule is CC(C)(C)c1[c-]c2c(cc1)-c1ccc(C(C)(C)C)cc1C2.Cc1cc(C(C)(C)C)c[cH-]1.[CH2]=[Zr+2].[Cl-].[Cl-]. The summed E-state index contributed by atoms with van der Waals surface area (Å²) in [7, 11) is 0. The van der Waals surface area contributed by atoms with E-state index in [4.69, 9.17) is 0 Å². The van der Waals surface area contributed by atoms with Crippen molar-refractivity contribution in [2.75, 3.05) is 0 Å². The van der Waals surface area contributed by atoms with Gasteiger partial charge in [0.05, 0.1) is 0 Å². The van der Waals surface area contributed by atoms with Crippen LogP contribution in [0, 0.1) is 13.0 Å². The monoisotopic (exact) mass is 586 g/mol. The van der Waals surface area contributed by atoms with Gasteiger partial charge in [-0.05, 0) is 28.4 Å². The summed E-state index contributed by atoms with van der Waals surface area (Å²) in [4.78, 5) is 0. The molecule has 0 amide bonds. The fourth-order valence-corrected chi connectivity index (χ4v) is 4.06. The largest absolute Gasteiger partial charge is 1.00 e. The zero-order valence-corrected chi connectivity index (χ0v) is 27.3. The first kappa shape index (κ1) is 34.1. The summed E-state index contributed by atoms with van der Waals surface area (Å²) in [5.41, 5.74) is 11.8. The smallest absolute Gasteiger partial charge is 1.00 e. The Morgan fingerprint density at radius 2 is 1.29 bits per heavy atom. The van der Waals surface area contributed by atoms with E-state index < -0.39 is 0 Å². The van der Waals surface area contributed by atoms with Crippen LogP contribution in [-0.4, -0.2) is 4.21 Å². The minimum Gasteiger partial charge on any atom is -1.00 e. The van der Waals surface area contributed by atoms with Gasteiger partial charge in [-0.25, -0.2) is 6.07 Å². The van der Waals surface area contributed by atoms with Crippen molar-refractivity contribution in [2.45, 2.75) is 91.9 Å². The van der Waals surface area contributed by atoms with Crippen LogP contribution in [0.15, 0.2) is 48.5 Å². The molecule has 0 atom stereocenters. The third-order valence-electron chi connectivity index (χ3n) is 6.24. The molecule has 0 saturated heterocycles. The van der Waals surface area contributed by atoms with E-state index >= 15 is 0 Å². The normalized spacial score (nSPS) is 12.0. The molecule has 0 bridgehead atoms. The maximum absolute atomic E-state index is 3.67. The van der Waals surface area contributed by atoms with E-state index in [1.165, 1.54) is 68.7 Å². The Bertz CT molecular complexity index is 1020. The van der Waals surface area contributed by atoms with Crippen molar-refractivity contribution in [1.82, 2.24) is 0 Å². The van der Waals surface area contributed by atoms with Gasteiger partial charge < -0.3 is 24.8 Å². The van der Waals surface area contributed by atoms with Gasteiger partial charge in [-0.15, -0.1) is 11.1 Å². The molecule has 0 radical (unpaired) electrons. The molecule has 0 N–H and O–H groups in total. The van der Waals surface area contributed by atoms with E-state index in [1.807, 2.05) is 0 Å². The summed E-state index contributed by atoms with van der Waals surface area (Å²) in [5, 5.41) is 0. The molecule has 0 saturated carbocycles. The Morgan fingerprint density at radius 1 is 0.743 bits per heavy atom. The van der Waals surface area contributed by atoms with Crippen LogP contribution in [0.2, 0.25) is 0 Å². The molecular formula is C32H42Cl2Zr-2. The average molecular weight is 589 g/mol. The van der Waals surface area contributed by atoms with Crippen LogP contribution in [0.3, 0.4) is 0 Å². The van der Waals surface area contributed by atoms with E-state index in [-0.39, 0.29) is 35.6 Å². The average Bonchev–Trinajstić information content (AvgIpc) is 3.31. The predicted molar refractivity (Wildman–Crippen MR) is 144 cm³/mol. The molecule has 1 aliphatic rings. The molecule has 3 aromatic rings. The van der Waals surface area contributed by atoms with Crippen molar-refractivity contribution >= 4 is 4.21 Å². The number of fused-ring (bicyclic) bond motifs is 3. The molecule has 190 valence electrons. The van der Waals surface area contributed by atoms with Crippen molar-refractivity contribution in [1.29, 1.82) is 0 Å². The van der Waals surface area contributed by atoms with Gasteiger partial charge in [0.15, 0.2) is 0 Å². The van der Waals surface area contributed by atoms with Crippen molar-refractivity contribution in [3.63, 3.8) is 0 Å². The third kappa shape index (κ3) is 8.88. The van der Waals surface area contributed by atoms with Crippen molar-refractivity contribution in [3.05, 3.63) is 88.0 Å². The van der Waals surface area contributed by atoms with Crippen LogP contribution < -0.4 is 24.8 Å². The first-order valence-electron chi connectivity index (χ1n) is 11.9. The molecule has 3 aromatic carbocycles. The molecule has 4 rings (SSSR count). The summed E-state index contributed by atoms with van der Waals surface area (Å²) < 4.78 is 3.34. The summed E-state index contributed by atoms with van der Waals surface area (Å²) in [6.07, 6.45) is 1.03. The second-order valence-corrected chi connectivity index (χ2v) is 12.2. The predicted octanol–water partition coefficient (Wildman–Crippen LogP) is 2.64. The van der Waals surface area contributed by atoms with Gasteiger partial charge in [0, 0.05) is 0 Å². The molecule has 0 nitrogen and oxygen atoms in total. The minimum atomic E-state index is 0. The molecule has 0 aromatic heterocycles. The maximum Gasteiger partial charge on any atom is -1.00 e. The second kappa shape index (κ2) is 13.1. The number of rotatable bonds is 0. The van der Waals surface area contributed by atoms with Gasteiger partial charge in [0.1, 0.15) is 0 Å². The molecule has 0 spiro atoms. The van der Waals surface area contributed by atoms with Gasteiger partial charge in [0.2, 0.25) is 0 Å². The summed E-state index contributed by atoms with van der Waals surface area (Å²) >= 11 is 1.30. The number of hydrogen-bond donors (Lipinski definition) is 0. The Morgan fingerprint density at radius 3 is 1.71 bits per heavy atom. The fraction of sp³-hybridized carbons (Fsp3) is 0.438. The van der Waals surface area contributed by atoms with E-state index in [1.54, 1.807) is 0 Å². The zero-order valence-electron chi connectivity index (χ0n) is 23.3. The quantitative estimate of drug-likeness (QED) is 0.277. The van der Waals surface area contributed by atoms with Gasteiger partial charge in [0.25, 0.3) is 0 Å². The Labute approximate surface area is 242 Å². The van der Waals surface area contributed by atoms with E-state index in [9.17, 15) is 0 Å². The van der Waals surface area contributed by atoms with Crippen molar-refractivity contribution in [3.8, 4) is 11.1 Å². The molecule has 0 aliphatic heterocycles. The minimum absolute atomic E-state index is 0. The Balaban J connectivity index is 0.000000705. The van der Waals surface area contributed by atoms with Crippen LogP contribution in [0.25, 0.3) is 11.1 Å². The van der Waals surface area contributed by atoms with E-state index in [0.717, 1.165) is 6.42 Å². The number of aryl methyl sites for hydroxylation is 1. The first-order chi connectivity index (χ1) is 15.2.